The number of nitrogens with two attached hydrogens (primary N) is 1. The van der Waals surface area contributed by atoms with Crippen LogP contribution in [-0.2, 0) is 13.0 Å². The van der Waals surface area contributed by atoms with Crippen molar-refractivity contribution in [1.29, 1.82) is 0 Å². The van der Waals surface area contributed by atoms with Crippen molar-refractivity contribution in [2.45, 2.75) is 13.0 Å². The van der Waals surface area contributed by atoms with E-state index in [2.05, 4.69) is 15.3 Å². The summed E-state index contributed by atoms with van der Waals surface area (Å²) in [5.74, 6) is 0.370. The lowest BCUT2D eigenvalue weighted by atomic mass is 10.1. The Labute approximate surface area is 179 Å². The Bertz CT molecular complexity index is 1100. The van der Waals surface area contributed by atoms with Crippen molar-refractivity contribution in [3.63, 3.8) is 0 Å². The number of carbonyl (C=O) groups is 1. The first-order chi connectivity index (χ1) is 14.1. The van der Waals surface area contributed by atoms with Gasteiger partial charge in [0.05, 0.1) is 5.69 Å². The minimum absolute atomic E-state index is 0. The van der Waals surface area contributed by atoms with E-state index in [9.17, 15) is 9.18 Å². The van der Waals surface area contributed by atoms with Crippen molar-refractivity contribution in [2.75, 3.05) is 6.54 Å². The Morgan fingerprint density at radius 2 is 2.03 bits per heavy atom. The molecule has 3 N–H and O–H groups in total. The average molecular weight is 427 g/mol. The summed E-state index contributed by atoms with van der Waals surface area (Å²) in [6.45, 7) is 0.680. The van der Waals surface area contributed by atoms with Gasteiger partial charge in [0, 0.05) is 24.7 Å². The molecule has 3 aromatic rings. The number of ether oxygens (including phenoxy) is 1. The molecule has 30 heavy (non-hydrogen) atoms. The Hall–Kier alpha value is -3.29. The SMILES string of the molecule is Cl.NCc1cc(Oc2cccc(C(=O)NCC3=Cc4cc(F)ccc4C3)c2)ncn1. The van der Waals surface area contributed by atoms with Crippen LogP contribution in [0.5, 0.6) is 11.6 Å². The van der Waals surface area contributed by atoms with Gasteiger partial charge in [-0.3, -0.25) is 4.79 Å². The maximum atomic E-state index is 13.3. The van der Waals surface area contributed by atoms with Crippen LogP contribution in [0.2, 0.25) is 0 Å². The van der Waals surface area contributed by atoms with E-state index in [0.717, 1.165) is 16.7 Å². The molecule has 2 aromatic carbocycles. The number of hydrogen-bond donors (Lipinski definition) is 2. The van der Waals surface area contributed by atoms with Crippen molar-refractivity contribution < 1.29 is 13.9 Å². The maximum Gasteiger partial charge on any atom is 0.251 e. The van der Waals surface area contributed by atoms with Gasteiger partial charge in [0.2, 0.25) is 5.88 Å². The molecular formula is C22H20ClFN4O2. The summed E-state index contributed by atoms with van der Waals surface area (Å²) < 4.78 is 19.0. The lowest BCUT2D eigenvalue weighted by Gasteiger charge is -2.09. The quantitative estimate of drug-likeness (QED) is 0.627. The van der Waals surface area contributed by atoms with E-state index in [0.29, 0.717) is 35.9 Å². The van der Waals surface area contributed by atoms with E-state index >= 15 is 0 Å². The van der Waals surface area contributed by atoms with Crippen molar-refractivity contribution in [2.24, 2.45) is 5.73 Å². The topological polar surface area (TPSA) is 90.1 Å². The smallest absolute Gasteiger partial charge is 0.251 e. The van der Waals surface area contributed by atoms with Crippen LogP contribution in [0.1, 0.15) is 27.2 Å². The highest BCUT2D eigenvalue weighted by molar-refractivity contribution is 5.94. The second-order valence-corrected chi connectivity index (χ2v) is 6.69. The number of rotatable bonds is 6. The van der Waals surface area contributed by atoms with Crippen LogP contribution in [0.4, 0.5) is 4.39 Å². The zero-order valence-corrected chi connectivity index (χ0v) is 16.8. The Morgan fingerprint density at radius 3 is 2.87 bits per heavy atom. The first-order valence-corrected chi connectivity index (χ1v) is 9.16. The Morgan fingerprint density at radius 1 is 1.17 bits per heavy atom. The van der Waals surface area contributed by atoms with E-state index in [4.69, 9.17) is 10.5 Å². The standard InChI is InChI=1S/C22H19FN4O2.ClH/c23-18-5-4-15-6-14(7-17(15)8-18)12-25-22(28)16-2-1-3-20(9-16)29-21-10-19(11-24)26-13-27-21;/h1-5,7-10,13H,6,11-12,24H2,(H,25,28);1H. The third kappa shape index (κ3) is 5.00. The minimum atomic E-state index is -0.260. The first-order valence-electron chi connectivity index (χ1n) is 9.16. The molecule has 1 aliphatic carbocycles. The summed E-state index contributed by atoms with van der Waals surface area (Å²) in [4.78, 5) is 20.6. The van der Waals surface area contributed by atoms with Crippen LogP contribution in [-0.4, -0.2) is 22.4 Å². The number of nitrogens with one attached hydrogen (secondary N) is 1. The van der Waals surface area contributed by atoms with Crippen LogP contribution in [0.3, 0.4) is 0 Å². The van der Waals surface area contributed by atoms with E-state index in [-0.39, 0.29) is 30.7 Å². The molecule has 1 aliphatic rings. The molecule has 0 saturated carbocycles. The molecular weight excluding hydrogens is 407 g/mol. The monoisotopic (exact) mass is 426 g/mol. The second kappa shape index (κ2) is 9.47. The number of carbonyl (C=O) groups excluding carboxylic acids is 1. The number of halogens is 2. The van der Waals surface area contributed by atoms with Gasteiger partial charge in [-0.2, -0.15) is 0 Å². The number of nitrogens with zero attached hydrogens (tertiary/aromatic N) is 2. The summed E-state index contributed by atoms with van der Waals surface area (Å²) in [5.41, 5.74) is 9.67. The fourth-order valence-corrected chi connectivity index (χ4v) is 3.15. The highest BCUT2D eigenvalue weighted by Gasteiger charge is 2.15. The van der Waals surface area contributed by atoms with Crippen molar-refractivity contribution in [3.05, 3.63) is 88.6 Å². The molecule has 0 aliphatic heterocycles. The van der Waals surface area contributed by atoms with E-state index in [1.807, 2.05) is 6.08 Å². The molecule has 0 spiro atoms. The second-order valence-electron chi connectivity index (χ2n) is 6.69. The first kappa shape index (κ1) is 21.4. The van der Waals surface area contributed by atoms with Crippen LogP contribution in [0, 0.1) is 5.82 Å². The molecule has 1 aromatic heterocycles. The van der Waals surface area contributed by atoms with Gasteiger partial charge < -0.3 is 15.8 Å². The molecule has 1 heterocycles. The molecule has 154 valence electrons. The molecule has 8 heteroatoms. The molecule has 0 radical (unpaired) electrons. The predicted octanol–water partition coefficient (Wildman–Crippen LogP) is 3.66. The largest absolute Gasteiger partial charge is 0.439 e. The third-order valence-electron chi connectivity index (χ3n) is 4.59. The molecule has 1 amide bonds. The van der Waals surface area contributed by atoms with Crippen LogP contribution in [0.15, 0.2) is 60.4 Å². The molecule has 6 nitrogen and oxygen atoms in total. The zero-order chi connectivity index (χ0) is 20.2. The summed E-state index contributed by atoms with van der Waals surface area (Å²) >= 11 is 0. The molecule has 0 saturated heterocycles. The minimum Gasteiger partial charge on any atom is -0.439 e. The molecule has 0 atom stereocenters. The number of hydrogen-bond acceptors (Lipinski definition) is 5. The van der Waals surface area contributed by atoms with Gasteiger partial charge in [-0.25, -0.2) is 14.4 Å². The van der Waals surface area contributed by atoms with Gasteiger partial charge in [-0.1, -0.05) is 18.2 Å². The van der Waals surface area contributed by atoms with Crippen molar-refractivity contribution in [1.82, 2.24) is 15.3 Å². The number of fused-ring (bicyclic) bond motifs is 1. The van der Waals surface area contributed by atoms with E-state index in [1.54, 1.807) is 36.4 Å². The van der Waals surface area contributed by atoms with Crippen molar-refractivity contribution in [3.8, 4) is 11.6 Å². The lowest BCUT2D eigenvalue weighted by molar-refractivity contribution is 0.0956. The molecule has 0 unspecified atom stereocenters. The fraction of sp³-hybridized carbons (Fsp3) is 0.136. The maximum absolute atomic E-state index is 13.3. The van der Waals surface area contributed by atoms with Crippen LogP contribution in [0.25, 0.3) is 6.08 Å². The Balaban J connectivity index is 0.00000256. The van der Waals surface area contributed by atoms with Gasteiger partial charge in [0.15, 0.2) is 0 Å². The van der Waals surface area contributed by atoms with Crippen LogP contribution >= 0.6 is 12.4 Å². The zero-order valence-electron chi connectivity index (χ0n) is 16.0. The molecule has 4 rings (SSSR count). The summed E-state index contributed by atoms with van der Waals surface area (Å²) in [6.07, 6.45) is 4.01. The van der Waals surface area contributed by atoms with Crippen molar-refractivity contribution >= 4 is 24.4 Å². The summed E-state index contributed by atoms with van der Waals surface area (Å²) in [5, 5.41) is 2.90. The summed E-state index contributed by atoms with van der Waals surface area (Å²) in [6, 6.07) is 13.2. The lowest BCUT2D eigenvalue weighted by Crippen LogP contribution is -2.25. The van der Waals surface area contributed by atoms with Gasteiger partial charge in [0.25, 0.3) is 5.91 Å². The van der Waals surface area contributed by atoms with Crippen LogP contribution < -0.4 is 15.8 Å². The van der Waals surface area contributed by atoms with E-state index in [1.165, 1.54) is 18.5 Å². The fourth-order valence-electron chi connectivity index (χ4n) is 3.15. The average Bonchev–Trinajstić information content (AvgIpc) is 3.14. The normalized spacial score (nSPS) is 11.9. The van der Waals surface area contributed by atoms with Gasteiger partial charge >= 0.3 is 0 Å². The van der Waals surface area contributed by atoms with Gasteiger partial charge in [-0.15, -0.1) is 12.4 Å². The van der Waals surface area contributed by atoms with E-state index < -0.39 is 0 Å². The molecule has 0 bridgehead atoms. The highest BCUT2D eigenvalue weighted by Crippen LogP contribution is 2.25. The van der Waals surface area contributed by atoms with Gasteiger partial charge in [-0.05, 0) is 53.5 Å². The number of amides is 1. The predicted molar refractivity (Wildman–Crippen MR) is 114 cm³/mol. The third-order valence-corrected chi connectivity index (χ3v) is 4.59. The Kier molecular flexibility index (Phi) is 6.76. The highest BCUT2D eigenvalue weighted by atomic mass is 35.5. The number of aromatic nitrogens is 2. The van der Waals surface area contributed by atoms with Gasteiger partial charge in [0.1, 0.15) is 17.9 Å². The molecule has 0 fully saturated rings. The summed E-state index contributed by atoms with van der Waals surface area (Å²) in [7, 11) is 0. The number of benzene rings is 2.